The zero-order valence-electron chi connectivity index (χ0n) is 18.6. The predicted octanol–water partition coefficient (Wildman–Crippen LogP) is 4.81. The van der Waals surface area contributed by atoms with Gasteiger partial charge >= 0.3 is 6.18 Å². The Morgan fingerprint density at radius 2 is 1.66 bits per heavy atom. The maximum Gasteiger partial charge on any atom is 0.417 e. The number of hydrogen-bond acceptors (Lipinski definition) is 4. The van der Waals surface area contributed by atoms with E-state index in [9.17, 15) is 27.2 Å². The molecule has 0 aliphatic rings. The molecule has 0 radical (unpaired) electrons. The normalized spacial score (nSPS) is 12.0. The van der Waals surface area contributed by atoms with Crippen molar-refractivity contribution in [2.75, 3.05) is 19.0 Å². The summed E-state index contributed by atoms with van der Waals surface area (Å²) in [5.74, 6) is -2.51. The Hall–Kier alpha value is -3.92. The van der Waals surface area contributed by atoms with Gasteiger partial charge in [0.25, 0.3) is 5.91 Å². The van der Waals surface area contributed by atoms with E-state index < -0.39 is 41.0 Å². The van der Waals surface area contributed by atoms with Gasteiger partial charge in [-0.05, 0) is 48.0 Å². The predicted molar refractivity (Wildman–Crippen MR) is 120 cm³/mol. The van der Waals surface area contributed by atoms with Crippen molar-refractivity contribution in [1.82, 2.24) is 5.32 Å². The van der Waals surface area contributed by atoms with Gasteiger partial charge in [0.2, 0.25) is 5.91 Å². The lowest BCUT2D eigenvalue weighted by Gasteiger charge is -2.20. The van der Waals surface area contributed by atoms with Gasteiger partial charge in [-0.3, -0.25) is 9.59 Å². The molecule has 6 nitrogen and oxygen atoms in total. The summed E-state index contributed by atoms with van der Waals surface area (Å²) in [6.45, 7) is -0.224. The SMILES string of the molecule is COc1ccc(NC(=O)C(COCc2ccccc2)NC(=O)c2ccc(F)cc2C(F)(F)F)cc1. The number of carbonyl (C=O) groups is 2. The van der Waals surface area contributed by atoms with Crippen LogP contribution in [0.1, 0.15) is 21.5 Å². The van der Waals surface area contributed by atoms with E-state index in [0.717, 1.165) is 17.7 Å². The minimum absolute atomic E-state index is 0.105. The molecule has 0 aliphatic heterocycles. The summed E-state index contributed by atoms with van der Waals surface area (Å²) in [5.41, 5.74) is -1.10. The Labute approximate surface area is 198 Å². The zero-order chi connectivity index (χ0) is 25.4. The van der Waals surface area contributed by atoms with Gasteiger partial charge in [0.05, 0.1) is 31.5 Å². The molecule has 3 aromatic carbocycles. The topological polar surface area (TPSA) is 76.7 Å². The molecule has 0 heterocycles. The van der Waals surface area contributed by atoms with Crippen LogP contribution >= 0.6 is 0 Å². The minimum Gasteiger partial charge on any atom is -0.497 e. The molecular formula is C25H22F4N2O4. The molecule has 0 spiro atoms. The van der Waals surface area contributed by atoms with E-state index in [1.54, 1.807) is 48.5 Å². The molecule has 0 saturated heterocycles. The average Bonchev–Trinajstić information content (AvgIpc) is 2.83. The number of benzene rings is 3. The van der Waals surface area contributed by atoms with Crippen LogP contribution in [0.25, 0.3) is 0 Å². The Bertz CT molecular complexity index is 1150. The fourth-order valence-corrected chi connectivity index (χ4v) is 3.14. The maximum atomic E-state index is 13.4. The highest BCUT2D eigenvalue weighted by molar-refractivity contribution is 6.02. The second-order valence-electron chi connectivity index (χ2n) is 7.43. The number of ether oxygens (including phenoxy) is 2. The van der Waals surface area contributed by atoms with Crippen LogP contribution in [-0.4, -0.2) is 31.6 Å². The first kappa shape index (κ1) is 25.7. The van der Waals surface area contributed by atoms with Crippen molar-refractivity contribution in [2.45, 2.75) is 18.8 Å². The first-order valence-corrected chi connectivity index (χ1v) is 10.4. The largest absolute Gasteiger partial charge is 0.497 e. The Kier molecular flexibility index (Phi) is 8.43. The molecule has 0 fully saturated rings. The fraction of sp³-hybridized carbons (Fsp3) is 0.200. The van der Waals surface area contributed by atoms with Gasteiger partial charge in [-0.25, -0.2) is 4.39 Å². The van der Waals surface area contributed by atoms with Crippen molar-refractivity contribution < 1.29 is 36.6 Å². The molecule has 0 bridgehead atoms. The second kappa shape index (κ2) is 11.5. The van der Waals surface area contributed by atoms with Gasteiger partial charge in [0.1, 0.15) is 17.6 Å². The molecule has 2 amide bonds. The number of rotatable bonds is 9. The quantitative estimate of drug-likeness (QED) is 0.423. The Balaban J connectivity index is 1.78. The summed E-state index contributed by atoms with van der Waals surface area (Å²) in [6, 6.07) is 15.6. The first-order chi connectivity index (χ1) is 16.7. The van der Waals surface area contributed by atoms with Crippen molar-refractivity contribution in [3.8, 4) is 5.75 Å². The zero-order valence-corrected chi connectivity index (χ0v) is 18.6. The molecule has 3 rings (SSSR count). The highest BCUT2D eigenvalue weighted by Crippen LogP contribution is 2.32. The molecule has 2 N–H and O–H groups in total. The van der Waals surface area contributed by atoms with Crippen molar-refractivity contribution in [1.29, 1.82) is 0 Å². The number of alkyl halides is 3. The van der Waals surface area contributed by atoms with Crippen LogP contribution in [-0.2, 0) is 22.3 Å². The molecule has 10 heteroatoms. The maximum absolute atomic E-state index is 13.4. The molecule has 184 valence electrons. The molecule has 0 saturated carbocycles. The molecule has 0 aromatic heterocycles. The molecule has 0 aliphatic carbocycles. The van der Waals surface area contributed by atoms with Crippen LogP contribution in [0, 0.1) is 5.82 Å². The summed E-state index contributed by atoms with van der Waals surface area (Å²) in [7, 11) is 1.48. The van der Waals surface area contributed by atoms with Crippen molar-refractivity contribution >= 4 is 17.5 Å². The first-order valence-electron chi connectivity index (χ1n) is 10.4. The number of nitrogens with one attached hydrogen (secondary N) is 2. The Morgan fingerprint density at radius 1 is 0.971 bits per heavy atom. The lowest BCUT2D eigenvalue weighted by Crippen LogP contribution is -2.47. The molecule has 3 aromatic rings. The van der Waals surface area contributed by atoms with E-state index in [1.165, 1.54) is 7.11 Å². The molecular weight excluding hydrogens is 468 g/mol. The van der Waals surface area contributed by atoms with Gasteiger partial charge in [-0.15, -0.1) is 0 Å². The van der Waals surface area contributed by atoms with E-state index in [2.05, 4.69) is 10.6 Å². The smallest absolute Gasteiger partial charge is 0.417 e. The molecule has 1 atom stereocenters. The monoisotopic (exact) mass is 490 g/mol. The fourth-order valence-electron chi connectivity index (χ4n) is 3.14. The van der Waals surface area contributed by atoms with Crippen LogP contribution in [0.2, 0.25) is 0 Å². The summed E-state index contributed by atoms with van der Waals surface area (Å²) in [4.78, 5) is 25.6. The number of anilines is 1. The van der Waals surface area contributed by atoms with Crippen LogP contribution in [0.3, 0.4) is 0 Å². The summed E-state index contributed by atoms with van der Waals surface area (Å²) in [6.07, 6.45) is -4.97. The third-order valence-corrected chi connectivity index (χ3v) is 4.91. The van der Waals surface area contributed by atoms with E-state index in [4.69, 9.17) is 9.47 Å². The Morgan fingerprint density at radius 3 is 2.29 bits per heavy atom. The standard InChI is InChI=1S/C25H22F4N2O4/c1-34-19-10-8-18(9-11-19)30-24(33)22(15-35-14-16-5-3-2-4-6-16)31-23(32)20-12-7-17(26)13-21(20)25(27,28)29/h2-13,22H,14-15H2,1H3,(H,30,33)(H,31,32). The van der Waals surface area contributed by atoms with Crippen LogP contribution < -0.4 is 15.4 Å². The lowest BCUT2D eigenvalue weighted by molar-refractivity contribution is -0.138. The summed E-state index contributed by atoms with van der Waals surface area (Å²) in [5, 5.41) is 4.85. The van der Waals surface area contributed by atoms with Gasteiger partial charge in [-0.1, -0.05) is 30.3 Å². The van der Waals surface area contributed by atoms with Crippen molar-refractivity contribution in [2.24, 2.45) is 0 Å². The molecule has 1 unspecified atom stereocenters. The van der Waals surface area contributed by atoms with Crippen LogP contribution in [0.15, 0.2) is 72.8 Å². The van der Waals surface area contributed by atoms with Crippen molar-refractivity contribution in [3.63, 3.8) is 0 Å². The minimum atomic E-state index is -4.97. The lowest BCUT2D eigenvalue weighted by atomic mass is 10.1. The number of halogens is 4. The van der Waals surface area contributed by atoms with Gasteiger partial charge in [0, 0.05) is 5.69 Å². The van der Waals surface area contributed by atoms with Crippen LogP contribution in [0.4, 0.5) is 23.2 Å². The summed E-state index contributed by atoms with van der Waals surface area (Å²) >= 11 is 0. The number of methoxy groups -OCH3 is 1. The van der Waals surface area contributed by atoms with E-state index in [0.29, 0.717) is 11.4 Å². The van der Waals surface area contributed by atoms with Gasteiger partial charge in [0.15, 0.2) is 0 Å². The number of amides is 2. The van der Waals surface area contributed by atoms with E-state index >= 15 is 0 Å². The van der Waals surface area contributed by atoms with Crippen molar-refractivity contribution in [3.05, 3.63) is 95.3 Å². The average molecular weight is 490 g/mol. The third kappa shape index (κ3) is 7.28. The highest BCUT2D eigenvalue weighted by Gasteiger charge is 2.36. The highest BCUT2D eigenvalue weighted by atomic mass is 19.4. The summed E-state index contributed by atoms with van der Waals surface area (Å²) < 4.78 is 64.1. The number of carbonyl (C=O) groups excluding carboxylic acids is 2. The van der Waals surface area contributed by atoms with E-state index in [-0.39, 0.29) is 19.3 Å². The van der Waals surface area contributed by atoms with E-state index in [1.807, 2.05) is 6.07 Å². The number of hydrogen-bond donors (Lipinski definition) is 2. The third-order valence-electron chi connectivity index (χ3n) is 4.91. The second-order valence-corrected chi connectivity index (χ2v) is 7.43. The van der Waals surface area contributed by atoms with Gasteiger partial charge < -0.3 is 20.1 Å². The van der Waals surface area contributed by atoms with Gasteiger partial charge in [-0.2, -0.15) is 13.2 Å². The van der Waals surface area contributed by atoms with Crippen LogP contribution in [0.5, 0.6) is 5.75 Å². The molecule has 35 heavy (non-hydrogen) atoms.